The standard InChI is InChI=1S/C14H15NO2/c1-2-12(9-15)17-13-7-5-11(6-8-13)14(16)10-3-4-10/h5-8,10,12H,2-4H2,1H3. The summed E-state index contributed by atoms with van der Waals surface area (Å²) in [6.07, 6.45) is 2.27. The van der Waals surface area contributed by atoms with Gasteiger partial charge in [0, 0.05) is 11.5 Å². The molecule has 0 bridgehead atoms. The number of carbonyl (C=O) groups is 1. The molecule has 1 aliphatic rings. The van der Waals surface area contributed by atoms with Gasteiger partial charge in [-0.3, -0.25) is 4.79 Å². The molecule has 88 valence electrons. The largest absolute Gasteiger partial charge is 0.476 e. The zero-order valence-electron chi connectivity index (χ0n) is 9.85. The van der Waals surface area contributed by atoms with Gasteiger partial charge in [-0.25, -0.2) is 0 Å². The van der Waals surface area contributed by atoms with Crippen LogP contribution in [0.2, 0.25) is 0 Å². The minimum Gasteiger partial charge on any atom is -0.476 e. The lowest BCUT2D eigenvalue weighted by molar-refractivity contribution is 0.0967. The van der Waals surface area contributed by atoms with Gasteiger partial charge in [-0.15, -0.1) is 0 Å². The van der Waals surface area contributed by atoms with E-state index in [0.717, 1.165) is 18.4 Å². The van der Waals surface area contributed by atoms with Crippen LogP contribution in [0.1, 0.15) is 36.5 Å². The van der Waals surface area contributed by atoms with Crippen LogP contribution >= 0.6 is 0 Å². The highest BCUT2D eigenvalue weighted by Gasteiger charge is 2.30. The van der Waals surface area contributed by atoms with E-state index in [9.17, 15) is 4.79 Å². The van der Waals surface area contributed by atoms with E-state index in [2.05, 4.69) is 6.07 Å². The van der Waals surface area contributed by atoms with E-state index in [0.29, 0.717) is 12.2 Å². The Morgan fingerprint density at radius 1 is 1.47 bits per heavy atom. The van der Waals surface area contributed by atoms with E-state index < -0.39 is 6.10 Å². The fourth-order valence-corrected chi connectivity index (χ4v) is 1.64. The summed E-state index contributed by atoms with van der Waals surface area (Å²) in [5, 5.41) is 8.78. The van der Waals surface area contributed by atoms with E-state index in [1.807, 2.05) is 6.92 Å². The quantitative estimate of drug-likeness (QED) is 0.729. The Kier molecular flexibility index (Phi) is 3.43. The molecule has 1 aliphatic carbocycles. The predicted octanol–water partition coefficient (Wildman–Crippen LogP) is 2.96. The van der Waals surface area contributed by atoms with Crippen LogP contribution < -0.4 is 4.74 Å². The van der Waals surface area contributed by atoms with Gasteiger partial charge >= 0.3 is 0 Å². The van der Waals surface area contributed by atoms with Gasteiger partial charge in [-0.2, -0.15) is 5.26 Å². The molecule has 1 aromatic rings. The van der Waals surface area contributed by atoms with E-state index >= 15 is 0 Å². The predicted molar refractivity (Wildman–Crippen MR) is 63.8 cm³/mol. The monoisotopic (exact) mass is 229 g/mol. The van der Waals surface area contributed by atoms with Crippen molar-refractivity contribution in [2.24, 2.45) is 5.92 Å². The van der Waals surface area contributed by atoms with Crippen molar-refractivity contribution in [3.63, 3.8) is 0 Å². The van der Waals surface area contributed by atoms with E-state index in [1.54, 1.807) is 24.3 Å². The van der Waals surface area contributed by atoms with Crippen molar-refractivity contribution in [1.29, 1.82) is 5.26 Å². The number of Topliss-reactive ketones (excluding diaryl/α,β-unsaturated/α-hetero) is 1. The highest BCUT2D eigenvalue weighted by molar-refractivity contribution is 5.99. The Morgan fingerprint density at radius 3 is 2.59 bits per heavy atom. The third kappa shape index (κ3) is 2.85. The second-order valence-corrected chi connectivity index (χ2v) is 4.31. The first kappa shape index (κ1) is 11.7. The number of rotatable bonds is 5. The summed E-state index contributed by atoms with van der Waals surface area (Å²) >= 11 is 0. The molecule has 0 radical (unpaired) electrons. The fraction of sp³-hybridized carbons (Fsp3) is 0.429. The molecule has 1 fully saturated rings. The Morgan fingerprint density at radius 2 is 2.12 bits per heavy atom. The van der Waals surface area contributed by atoms with Gasteiger partial charge in [0.1, 0.15) is 11.8 Å². The van der Waals surface area contributed by atoms with Gasteiger partial charge in [-0.1, -0.05) is 6.92 Å². The van der Waals surface area contributed by atoms with Crippen LogP contribution in [0.3, 0.4) is 0 Å². The summed E-state index contributed by atoms with van der Waals surface area (Å²) in [5.41, 5.74) is 0.741. The van der Waals surface area contributed by atoms with Crippen LogP contribution in [-0.4, -0.2) is 11.9 Å². The maximum absolute atomic E-state index is 11.8. The molecule has 3 nitrogen and oxygen atoms in total. The van der Waals surface area contributed by atoms with Crippen molar-refractivity contribution >= 4 is 5.78 Å². The maximum atomic E-state index is 11.8. The van der Waals surface area contributed by atoms with E-state index in [-0.39, 0.29) is 11.7 Å². The molecular formula is C14H15NO2. The first-order chi connectivity index (χ1) is 8.24. The average Bonchev–Trinajstić information content (AvgIpc) is 3.20. The smallest absolute Gasteiger partial charge is 0.184 e. The van der Waals surface area contributed by atoms with Crippen LogP contribution in [0, 0.1) is 17.2 Å². The van der Waals surface area contributed by atoms with Crippen LogP contribution in [0.15, 0.2) is 24.3 Å². The number of carbonyl (C=O) groups excluding carboxylic acids is 1. The summed E-state index contributed by atoms with van der Waals surface area (Å²) in [6, 6.07) is 9.15. The zero-order chi connectivity index (χ0) is 12.3. The zero-order valence-corrected chi connectivity index (χ0v) is 9.85. The SMILES string of the molecule is CCC(C#N)Oc1ccc(C(=O)C2CC2)cc1. The summed E-state index contributed by atoms with van der Waals surface area (Å²) in [6.45, 7) is 1.90. The van der Waals surface area contributed by atoms with Crippen molar-refractivity contribution in [2.45, 2.75) is 32.3 Å². The molecule has 1 aromatic carbocycles. The van der Waals surface area contributed by atoms with Gasteiger partial charge in [0.2, 0.25) is 0 Å². The number of hydrogen-bond donors (Lipinski definition) is 0. The second kappa shape index (κ2) is 5.01. The average molecular weight is 229 g/mol. The minimum atomic E-state index is -0.417. The molecule has 0 heterocycles. The molecule has 0 aromatic heterocycles. The van der Waals surface area contributed by atoms with Crippen LogP contribution in [0.25, 0.3) is 0 Å². The lowest BCUT2D eigenvalue weighted by Gasteiger charge is -2.10. The van der Waals surface area contributed by atoms with Crippen LogP contribution in [0.5, 0.6) is 5.75 Å². The molecule has 3 heteroatoms. The lowest BCUT2D eigenvalue weighted by Crippen LogP contribution is -2.12. The van der Waals surface area contributed by atoms with Gasteiger partial charge in [-0.05, 0) is 43.5 Å². The summed E-state index contributed by atoms with van der Waals surface area (Å²) in [4.78, 5) is 11.8. The third-order valence-electron chi connectivity index (χ3n) is 2.88. The number of nitrogens with zero attached hydrogens (tertiary/aromatic N) is 1. The molecule has 1 atom stereocenters. The molecule has 0 spiro atoms. The molecule has 1 unspecified atom stereocenters. The number of ether oxygens (including phenoxy) is 1. The number of ketones is 1. The highest BCUT2D eigenvalue weighted by Crippen LogP contribution is 2.32. The minimum absolute atomic E-state index is 0.226. The lowest BCUT2D eigenvalue weighted by atomic mass is 10.1. The Bertz CT molecular complexity index is 440. The van der Waals surface area contributed by atoms with Crippen LogP contribution in [0.4, 0.5) is 0 Å². The molecule has 17 heavy (non-hydrogen) atoms. The summed E-state index contributed by atoms with van der Waals surface area (Å²) in [7, 11) is 0. The Balaban J connectivity index is 2.02. The normalized spacial score (nSPS) is 16.0. The van der Waals surface area contributed by atoms with Gasteiger partial charge in [0.05, 0.1) is 0 Å². The van der Waals surface area contributed by atoms with Gasteiger partial charge in [0.25, 0.3) is 0 Å². The molecule has 0 saturated heterocycles. The Labute approximate surface area is 101 Å². The topological polar surface area (TPSA) is 50.1 Å². The van der Waals surface area contributed by atoms with Crippen molar-refractivity contribution in [3.05, 3.63) is 29.8 Å². The van der Waals surface area contributed by atoms with Crippen molar-refractivity contribution < 1.29 is 9.53 Å². The van der Waals surface area contributed by atoms with Crippen LogP contribution in [-0.2, 0) is 0 Å². The molecule has 0 amide bonds. The van der Waals surface area contributed by atoms with E-state index in [1.165, 1.54) is 0 Å². The highest BCUT2D eigenvalue weighted by atomic mass is 16.5. The number of nitriles is 1. The summed E-state index contributed by atoms with van der Waals surface area (Å²) < 4.78 is 5.45. The first-order valence-electron chi connectivity index (χ1n) is 5.95. The molecule has 0 N–H and O–H groups in total. The van der Waals surface area contributed by atoms with Gasteiger partial charge < -0.3 is 4.74 Å². The molecular weight excluding hydrogens is 214 g/mol. The molecule has 1 saturated carbocycles. The van der Waals surface area contributed by atoms with Crippen molar-refractivity contribution in [1.82, 2.24) is 0 Å². The second-order valence-electron chi connectivity index (χ2n) is 4.31. The third-order valence-corrected chi connectivity index (χ3v) is 2.88. The number of hydrogen-bond acceptors (Lipinski definition) is 3. The van der Waals surface area contributed by atoms with Crippen molar-refractivity contribution in [3.8, 4) is 11.8 Å². The first-order valence-corrected chi connectivity index (χ1v) is 5.95. The molecule has 0 aliphatic heterocycles. The van der Waals surface area contributed by atoms with E-state index in [4.69, 9.17) is 10.00 Å². The van der Waals surface area contributed by atoms with Crippen molar-refractivity contribution in [2.75, 3.05) is 0 Å². The molecule has 2 rings (SSSR count). The number of benzene rings is 1. The maximum Gasteiger partial charge on any atom is 0.184 e. The van der Waals surface area contributed by atoms with Gasteiger partial charge in [0.15, 0.2) is 11.9 Å². The fourth-order valence-electron chi connectivity index (χ4n) is 1.64. The summed E-state index contributed by atoms with van der Waals surface area (Å²) in [5.74, 6) is 1.11. The Hall–Kier alpha value is -1.82.